The fourth-order valence-electron chi connectivity index (χ4n) is 2.55. The average molecular weight is 281 g/mol. The molecule has 21 heavy (non-hydrogen) atoms. The molecule has 2 amide bonds. The Hall–Kier alpha value is -2.49. The van der Waals surface area contributed by atoms with E-state index in [1.54, 1.807) is 0 Å². The summed E-state index contributed by atoms with van der Waals surface area (Å²) in [6.07, 6.45) is 2.26. The lowest BCUT2D eigenvalue weighted by Crippen LogP contribution is -2.20. The van der Waals surface area contributed by atoms with Crippen molar-refractivity contribution in [2.24, 2.45) is 0 Å². The molecule has 0 aromatic heterocycles. The number of anilines is 3. The molecule has 0 spiro atoms. The van der Waals surface area contributed by atoms with Crippen molar-refractivity contribution in [3.63, 3.8) is 0 Å². The maximum atomic E-state index is 12.0. The van der Waals surface area contributed by atoms with Crippen LogP contribution in [0, 0.1) is 6.92 Å². The molecule has 2 aromatic carbocycles. The van der Waals surface area contributed by atoms with Gasteiger partial charge in [-0.15, -0.1) is 0 Å². The van der Waals surface area contributed by atoms with Crippen molar-refractivity contribution >= 4 is 23.1 Å². The highest BCUT2D eigenvalue weighted by Crippen LogP contribution is 2.25. The van der Waals surface area contributed by atoms with Crippen LogP contribution in [0.2, 0.25) is 0 Å². The van der Waals surface area contributed by atoms with Gasteiger partial charge in [0.05, 0.1) is 0 Å². The van der Waals surface area contributed by atoms with E-state index in [0.717, 1.165) is 42.0 Å². The van der Waals surface area contributed by atoms with E-state index in [9.17, 15) is 4.79 Å². The molecular formula is C17H19N3O. The van der Waals surface area contributed by atoms with E-state index < -0.39 is 0 Å². The molecular weight excluding hydrogens is 262 g/mol. The van der Waals surface area contributed by atoms with Crippen LogP contribution >= 0.6 is 0 Å². The van der Waals surface area contributed by atoms with E-state index >= 15 is 0 Å². The molecule has 3 rings (SSSR count). The van der Waals surface area contributed by atoms with E-state index in [-0.39, 0.29) is 6.03 Å². The molecule has 2 aromatic rings. The average Bonchev–Trinajstić information content (AvgIpc) is 2.47. The van der Waals surface area contributed by atoms with E-state index in [4.69, 9.17) is 0 Å². The normalized spacial score (nSPS) is 13.0. The van der Waals surface area contributed by atoms with Gasteiger partial charge in [0.15, 0.2) is 0 Å². The SMILES string of the molecule is Cc1cccc(NC(=O)Nc2ccc3c(c2)NCCC3)c1. The van der Waals surface area contributed by atoms with Crippen LogP contribution < -0.4 is 16.0 Å². The zero-order valence-corrected chi connectivity index (χ0v) is 12.1. The molecule has 108 valence electrons. The summed E-state index contributed by atoms with van der Waals surface area (Å²) in [7, 11) is 0. The predicted octanol–water partition coefficient (Wildman–Crippen LogP) is 4.00. The second-order valence-electron chi connectivity index (χ2n) is 5.35. The van der Waals surface area contributed by atoms with Crippen LogP contribution in [-0.2, 0) is 6.42 Å². The molecule has 0 bridgehead atoms. The maximum Gasteiger partial charge on any atom is 0.323 e. The summed E-state index contributed by atoms with van der Waals surface area (Å²) in [5.74, 6) is 0. The molecule has 0 unspecified atom stereocenters. The van der Waals surface area contributed by atoms with E-state index in [1.165, 1.54) is 5.56 Å². The number of aryl methyl sites for hydroxylation is 2. The van der Waals surface area contributed by atoms with Crippen LogP contribution in [0.15, 0.2) is 42.5 Å². The third-order valence-electron chi connectivity index (χ3n) is 3.58. The van der Waals surface area contributed by atoms with Crippen molar-refractivity contribution in [2.75, 3.05) is 22.5 Å². The summed E-state index contributed by atoms with van der Waals surface area (Å²) in [4.78, 5) is 12.0. The minimum Gasteiger partial charge on any atom is -0.385 e. The highest BCUT2D eigenvalue weighted by molar-refractivity contribution is 6.00. The van der Waals surface area contributed by atoms with Gasteiger partial charge in [-0.2, -0.15) is 0 Å². The minimum absolute atomic E-state index is 0.226. The zero-order valence-electron chi connectivity index (χ0n) is 12.1. The summed E-state index contributed by atoms with van der Waals surface area (Å²) < 4.78 is 0. The maximum absolute atomic E-state index is 12.0. The van der Waals surface area contributed by atoms with Gasteiger partial charge in [-0.25, -0.2) is 4.79 Å². The van der Waals surface area contributed by atoms with Crippen LogP contribution in [0.5, 0.6) is 0 Å². The van der Waals surface area contributed by atoms with Crippen LogP contribution in [-0.4, -0.2) is 12.6 Å². The number of hydrogen-bond donors (Lipinski definition) is 3. The van der Waals surface area contributed by atoms with E-state index in [2.05, 4.69) is 22.0 Å². The molecule has 0 fully saturated rings. The predicted molar refractivity (Wildman–Crippen MR) is 87.1 cm³/mol. The first-order valence-corrected chi connectivity index (χ1v) is 7.22. The van der Waals surface area contributed by atoms with Gasteiger partial charge in [0, 0.05) is 23.6 Å². The first-order valence-electron chi connectivity index (χ1n) is 7.22. The Labute approximate surface area is 124 Å². The molecule has 1 heterocycles. The molecule has 4 heteroatoms. The van der Waals surface area contributed by atoms with Crippen molar-refractivity contribution in [2.45, 2.75) is 19.8 Å². The lowest BCUT2D eigenvalue weighted by molar-refractivity contribution is 0.262. The quantitative estimate of drug-likeness (QED) is 0.779. The number of nitrogens with one attached hydrogen (secondary N) is 3. The number of carbonyl (C=O) groups is 1. The summed E-state index contributed by atoms with van der Waals surface area (Å²) in [6.45, 7) is 2.99. The van der Waals surface area contributed by atoms with Crippen molar-refractivity contribution in [1.29, 1.82) is 0 Å². The van der Waals surface area contributed by atoms with Gasteiger partial charge < -0.3 is 16.0 Å². The van der Waals surface area contributed by atoms with Crippen molar-refractivity contribution in [3.8, 4) is 0 Å². The van der Waals surface area contributed by atoms with Crippen LogP contribution in [0.1, 0.15) is 17.5 Å². The van der Waals surface area contributed by atoms with E-state index in [1.807, 2.05) is 43.3 Å². The van der Waals surface area contributed by atoms with Gasteiger partial charge in [-0.3, -0.25) is 0 Å². The zero-order chi connectivity index (χ0) is 14.7. The molecule has 0 saturated heterocycles. The summed E-state index contributed by atoms with van der Waals surface area (Å²) >= 11 is 0. The lowest BCUT2D eigenvalue weighted by atomic mass is 10.0. The number of amides is 2. The van der Waals surface area contributed by atoms with Gasteiger partial charge in [-0.1, -0.05) is 18.2 Å². The highest BCUT2D eigenvalue weighted by atomic mass is 16.2. The molecule has 0 aliphatic carbocycles. The Morgan fingerprint density at radius 1 is 1.10 bits per heavy atom. The molecule has 1 aliphatic rings. The monoisotopic (exact) mass is 281 g/mol. The largest absolute Gasteiger partial charge is 0.385 e. The molecule has 1 aliphatic heterocycles. The first kappa shape index (κ1) is 13.5. The van der Waals surface area contributed by atoms with Gasteiger partial charge in [0.2, 0.25) is 0 Å². The number of benzene rings is 2. The van der Waals surface area contributed by atoms with E-state index in [0.29, 0.717) is 0 Å². The lowest BCUT2D eigenvalue weighted by Gasteiger charge is -2.19. The number of rotatable bonds is 2. The third-order valence-corrected chi connectivity index (χ3v) is 3.58. The minimum atomic E-state index is -0.226. The molecule has 0 atom stereocenters. The van der Waals surface area contributed by atoms with Crippen LogP contribution in [0.25, 0.3) is 0 Å². The molecule has 0 radical (unpaired) electrons. The smallest absolute Gasteiger partial charge is 0.323 e. The van der Waals surface area contributed by atoms with Gasteiger partial charge >= 0.3 is 6.03 Å². The Morgan fingerprint density at radius 2 is 1.90 bits per heavy atom. The van der Waals surface area contributed by atoms with Gasteiger partial charge in [-0.05, 0) is 55.2 Å². The molecule has 4 nitrogen and oxygen atoms in total. The summed E-state index contributed by atoms with van der Waals surface area (Å²) in [5.41, 5.74) is 5.14. The second kappa shape index (κ2) is 5.87. The standard InChI is InChI=1S/C17H19N3O/c1-12-4-2-6-14(10-12)19-17(21)20-15-8-7-13-5-3-9-18-16(13)11-15/h2,4,6-8,10-11,18H,3,5,9H2,1H3,(H2,19,20,21). The Kier molecular flexibility index (Phi) is 3.77. The number of urea groups is 1. The second-order valence-corrected chi connectivity index (χ2v) is 5.35. The number of fused-ring (bicyclic) bond motifs is 1. The Bertz CT molecular complexity index is 667. The Balaban J connectivity index is 1.67. The van der Waals surface area contributed by atoms with Crippen LogP contribution in [0.3, 0.4) is 0 Å². The van der Waals surface area contributed by atoms with Crippen molar-refractivity contribution in [1.82, 2.24) is 0 Å². The fourth-order valence-corrected chi connectivity index (χ4v) is 2.55. The van der Waals surface area contributed by atoms with Gasteiger partial charge in [0.25, 0.3) is 0 Å². The van der Waals surface area contributed by atoms with Gasteiger partial charge in [0.1, 0.15) is 0 Å². The number of carbonyl (C=O) groups excluding carboxylic acids is 1. The van der Waals surface area contributed by atoms with Crippen molar-refractivity contribution in [3.05, 3.63) is 53.6 Å². The fraction of sp³-hybridized carbons (Fsp3) is 0.235. The highest BCUT2D eigenvalue weighted by Gasteiger charge is 2.10. The number of hydrogen-bond acceptors (Lipinski definition) is 2. The molecule has 3 N–H and O–H groups in total. The Morgan fingerprint density at radius 3 is 2.71 bits per heavy atom. The summed E-state index contributed by atoms with van der Waals surface area (Å²) in [6, 6.07) is 13.5. The molecule has 0 saturated carbocycles. The topological polar surface area (TPSA) is 53.2 Å². The third kappa shape index (κ3) is 3.34. The van der Waals surface area contributed by atoms with Crippen LogP contribution in [0.4, 0.5) is 21.9 Å². The van der Waals surface area contributed by atoms with Crippen molar-refractivity contribution < 1.29 is 4.79 Å². The summed E-state index contributed by atoms with van der Waals surface area (Å²) in [5, 5.41) is 9.07. The first-order chi connectivity index (χ1) is 10.2.